The molecule has 4 rings (SSSR count). The van der Waals surface area contributed by atoms with Gasteiger partial charge in [0, 0.05) is 23.4 Å². The molecule has 0 N–H and O–H groups in total. The maximum atomic E-state index is 2.67. The van der Waals surface area contributed by atoms with Crippen LogP contribution in [0, 0.1) is 11.8 Å². The van der Waals surface area contributed by atoms with Crippen molar-refractivity contribution in [1.82, 2.24) is 0 Å². The van der Waals surface area contributed by atoms with Gasteiger partial charge in [-0.1, -0.05) is 79.1 Å². The van der Waals surface area contributed by atoms with Crippen LogP contribution < -0.4 is 4.90 Å². The molecule has 2 unspecified atom stereocenters. The Hall–Kier alpha value is -0.800. The van der Waals surface area contributed by atoms with Gasteiger partial charge in [0.25, 0.3) is 0 Å². The zero-order valence-electron chi connectivity index (χ0n) is 21.0. The molecular weight excluding hydrogens is 426 g/mol. The van der Waals surface area contributed by atoms with Gasteiger partial charge in [-0.05, 0) is 66.2 Å². The van der Waals surface area contributed by atoms with E-state index in [0.29, 0.717) is 0 Å². The van der Waals surface area contributed by atoms with Gasteiger partial charge in [0.15, 0.2) is 0 Å². The van der Waals surface area contributed by atoms with Crippen LogP contribution in [0.3, 0.4) is 0 Å². The molecule has 1 saturated heterocycles. The summed E-state index contributed by atoms with van der Waals surface area (Å²) in [6.07, 6.45) is 16.3. The van der Waals surface area contributed by atoms with Crippen molar-refractivity contribution in [2.75, 3.05) is 18.0 Å². The Bertz CT molecular complexity index is 823. The molecule has 32 heavy (non-hydrogen) atoms. The lowest BCUT2D eigenvalue weighted by molar-refractivity contribution is 0.266. The first-order valence-electron chi connectivity index (χ1n) is 13.6. The number of anilines is 1. The second kappa shape index (κ2) is 11.1. The second-order valence-electron chi connectivity index (χ2n) is 10.5. The average molecular weight is 472 g/mol. The zero-order valence-corrected chi connectivity index (χ0v) is 22.7. The molecule has 0 aromatic carbocycles. The lowest BCUT2D eigenvalue weighted by atomic mass is 9.66. The summed E-state index contributed by atoms with van der Waals surface area (Å²) in [5.41, 5.74) is 3.67. The Morgan fingerprint density at radius 2 is 1.50 bits per heavy atom. The van der Waals surface area contributed by atoms with Gasteiger partial charge in [-0.15, -0.1) is 22.7 Å². The van der Waals surface area contributed by atoms with Crippen LogP contribution in [0.5, 0.6) is 0 Å². The van der Waals surface area contributed by atoms with Gasteiger partial charge in [0.05, 0.1) is 9.88 Å². The fourth-order valence-corrected chi connectivity index (χ4v) is 8.88. The highest BCUT2D eigenvalue weighted by molar-refractivity contribution is 7.24. The van der Waals surface area contributed by atoms with E-state index in [0.717, 1.165) is 11.8 Å². The minimum Gasteiger partial charge on any atom is -0.363 e. The monoisotopic (exact) mass is 471 g/mol. The van der Waals surface area contributed by atoms with Crippen molar-refractivity contribution >= 4 is 27.7 Å². The lowest BCUT2D eigenvalue weighted by Crippen LogP contribution is -2.31. The molecule has 2 aliphatic rings. The van der Waals surface area contributed by atoms with E-state index in [2.05, 4.69) is 61.4 Å². The molecule has 0 spiro atoms. The maximum absolute atomic E-state index is 2.67. The van der Waals surface area contributed by atoms with Crippen LogP contribution in [-0.4, -0.2) is 13.1 Å². The predicted octanol–water partition coefficient (Wildman–Crippen LogP) is 9.89. The van der Waals surface area contributed by atoms with Gasteiger partial charge < -0.3 is 4.90 Å². The summed E-state index contributed by atoms with van der Waals surface area (Å²) >= 11 is 4.12. The van der Waals surface area contributed by atoms with E-state index in [4.69, 9.17) is 0 Å². The molecule has 0 bridgehead atoms. The standard InChI is InChI=1S/C29H45NS2/c1-5-9-13-22(7-3)20-29(21-23(8-4)14-10-6-2)24-15-18-31-27(24)28-25(29)19-26(32-28)30-16-11-12-17-30/h15,18-19,22-23H,5-14,16-17,20-21H2,1-4H3. The van der Waals surface area contributed by atoms with Gasteiger partial charge >= 0.3 is 0 Å². The molecule has 3 heteroatoms. The van der Waals surface area contributed by atoms with Crippen LogP contribution in [0.4, 0.5) is 5.00 Å². The topological polar surface area (TPSA) is 3.24 Å². The highest BCUT2D eigenvalue weighted by Gasteiger charge is 2.47. The summed E-state index contributed by atoms with van der Waals surface area (Å²) in [6.45, 7) is 12.1. The highest BCUT2D eigenvalue weighted by atomic mass is 32.1. The molecule has 1 aliphatic heterocycles. The van der Waals surface area contributed by atoms with Crippen molar-refractivity contribution in [2.24, 2.45) is 11.8 Å². The van der Waals surface area contributed by atoms with Crippen molar-refractivity contribution in [3.63, 3.8) is 0 Å². The third kappa shape index (κ3) is 4.71. The zero-order chi connectivity index (χ0) is 22.6. The minimum atomic E-state index is 0.252. The molecular formula is C29H45NS2. The Balaban J connectivity index is 1.75. The van der Waals surface area contributed by atoms with E-state index in [9.17, 15) is 0 Å². The van der Waals surface area contributed by atoms with Crippen molar-refractivity contribution in [3.8, 4) is 9.75 Å². The summed E-state index contributed by atoms with van der Waals surface area (Å²) in [7, 11) is 0. The summed E-state index contributed by atoms with van der Waals surface area (Å²) < 4.78 is 0. The molecule has 2 aromatic rings. The van der Waals surface area contributed by atoms with Gasteiger partial charge in [0.1, 0.15) is 0 Å². The van der Waals surface area contributed by atoms with E-state index in [1.54, 1.807) is 25.9 Å². The average Bonchev–Trinajstić information content (AvgIpc) is 3.59. The number of rotatable bonds is 13. The van der Waals surface area contributed by atoms with Gasteiger partial charge in [-0.25, -0.2) is 0 Å². The smallest absolute Gasteiger partial charge is 0.0918 e. The number of unbranched alkanes of at least 4 members (excludes halogenated alkanes) is 2. The van der Waals surface area contributed by atoms with Crippen LogP contribution in [-0.2, 0) is 5.41 Å². The number of fused-ring (bicyclic) bond motifs is 3. The Labute approximate surface area is 205 Å². The molecule has 2 aromatic heterocycles. The van der Waals surface area contributed by atoms with Crippen molar-refractivity contribution < 1.29 is 0 Å². The first-order valence-corrected chi connectivity index (χ1v) is 15.3. The Morgan fingerprint density at radius 1 is 0.875 bits per heavy atom. The fraction of sp³-hybridized carbons (Fsp3) is 0.724. The lowest BCUT2D eigenvalue weighted by Gasteiger charge is -2.37. The Morgan fingerprint density at radius 3 is 2.06 bits per heavy atom. The van der Waals surface area contributed by atoms with Crippen LogP contribution >= 0.6 is 22.7 Å². The normalized spacial score (nSPS) is 21.7. The first kappa shape index (κ1) is 24.3. The molecule has 178 valence electrons. The molecule has 3 heterocycles. The number of hydrogen-bond donors (Lipinski definition) is 0. The molecule has 0 radical (unpaired) electrons. The van der Waals surface area contributed by atoms with E-state index in [-0.39, 0.29) is 5.41 Å². The van der Waals surface area contributed by atoms with Crippen molar-refractivity contribution in [2.45, 2.75) is 110 Å². The van der Waals surface area contributed by atoms with Gasteiger partial charge in [-0.3, -0.25) is 0 Å². The molecule has 0 amide bonds. The SMILES string of the molecule is CCCCC(CC)CC1(CC(CC)CCCC)c2ccsc2-c2sc(N3CCCC3)cc21. The van der Waals surface area contributed by atoms with Crippen LogP contribution in [0.15, 0.2) is 17.5 Å². The van der Waals surface area contributed by atoms with Crippen LogP contribution in [0.1, 0.15) is 116 Å². The second-order valence-corrected chi connectivity index (χ2v) is 12.5. The van der Waals surface area contributed by atoms with Crippen molar-refractivity contribution in [3.05, 3.63) is 28.6 Å². The number of thiophene rings is 2. The van der Waals surface area contributed by atoms with E-state index in [1.807, 2.05) is 11.3 Å². The summed E-state index contributed by atoms with van der Waals surface area (Å²) in [6, 6.07) is 5.18. The molecule has 1 aliphatic carbocycles. The minimum absolute atomic E-state index is 0.252. The van der Waals surface area contributed by atoms with E-state index >= 15 is 0 Å². The summed E-state index contributed by atoms with van der Waals surface area (Å²) in [5, 5.41) is 3.94. The van der Waals surface area contributed by atoms with Crippen molar-refractivity contribution in [1.29, 1.82) is 0 Å². The van der Waals surface area contributed by atoms with Gasteiger partial charge in [0.2, 0.25) is 0 Å². The van der Waals surface area contributed by atoms with Gasteiger partial charge in [-0.2, -0.15) is 0 Å². The highest BCUT2D eigenvalue weighted by Crippen LogP contribution is 2.61. The molecule has 0 saturated carbocycles. The number of nitrogens with zero attached hydrogens (tertiary/aromatic N) is 1. The van der Waals surface area contributed by atoms with Crippen LogP contribution in [0.25, 0.3) is 9.75 Å². The van der Waals surface area contributed by atoms with E-state index < -0.39 is 0 Å². The largest absolute Gasteiger partial charge is 0.363 e. The predicted molar refractivity (Wildman–Crippen MR) is 146 cm³/mol. The molecule has 1 fully saturated rings. The molecule has 2 atom stereocenters. The third-order valence-corrected chi connectivity index (χ3v) is 10.7. The van der Waals surface area contributed by atoms with Crippen LogP contribution in [0.2, 0.25) is 0 Å². The summed E-state index contributed by atoms with van der Waals surface area (Å²) in [5.74, 6) is 1.68. The Kier molecular flexibility index (Phi) is 8.43. The quantitative estimate of drug-likeness (QED) is 0.281. The molecule has 1 nitrogen and oxygen atoms in total. The maximum Gasteiger partial charge on any atom is 0.0918 e. The number of hydrogen-bond acceptors (Lipinski definition) is 3. The van der Waals surface area contributed by atoms with E-state index in [1.165, 1.54) is 90.1 Å². The summed E-state index contributed by atoms with van der Waals surface area (Å²) in [4.78, 5) is 5.92. The fourth-order valence-electron chi connectivity index (χ4n) is 6.40. The first-order chi connectivity index (χ1) is 15.7. The third-order valence-electron chi connectivity index (χ3n) is 8.40.